The summed E-state index contributed by atoms with van der Waals surface area (Å²) in [5.74, 6) is 1.11. The molecule has 1 heterocycles. The van der Waals surface area contributed by atoms with E-state index in [0.29, 0.717) is 11.7 Å². The molecule has 0 amide bonds. The maximum Gasteiger partial charge on any atom is 0.123 e. The second kappa shape index (κ2) is 7.28. The molecule has 0 aromatic carbocycles. The zero-order valence-corrected chi connectivity index (χ0v) is 11.3. The molecule has 3 heteroatoms. The van der Waals surface area contributed by atoms with Crippen LogP contribution in [0, 0.1) is 0 Å². The number of nitrogens with zero attached hydrogens (tertiary/aromatic N) is 2. The zero-order chi connectivity index (χ0) is 12.7. The van der Waals surface area contributed by atoms with E-state index in [1.54, 1.807) is 0 Å². The Morgan fingerprint density at radius 2 is 1.88 bits per heavy atom. The minimum Gasteiger partial charge on any atom is -0.384 e. The quantitative estimate of drug-likeness (QED) is 0.790. The van der Waals surface area contributed by atoms with E-state index in [1.165, 1.54) is 31.5 Å². The van der Waals surface area contributed by atoms with Crippen molar-refractivity contribution in [3.8, 4) is 0 Å². The highest BCUT2D eigenvalue weighted by Gasteiger charge is 2.11. The number of rotatable bonds is 7. The largest absolute Gasteiger partial charge is 0.384 e. The fourth-order valence-corrected chi connectivity index (χ4v) is 2.13. The van der Waals surface area contributed by atoms with Crippen LogP contribution in [0.3, 0.4) is 0 Å². The molecule has 1 atom stereocenters. The maximum absolute atomic E-state index is 5.60. The summed E-state index contributed by atoms with van der Waals surface area (Å²) in [7, 11) is 0. The Kier molecular flexibility index (Phi) is 5.98. The van der Waals surface area contributed by atoms with Crippen molar-refractivity contribution >= 4 is 5.82 Å². The van der Waals surface area contributed by atoms with Crippen LogP contribution >= 0.6 is 0 Å². The fraction of sp³-hybridized carbons (Fsp3) is 0.643. The van der Waals surface area contributed by atoms with Gasteiger partial charge in [0.1, 0.15) is 5.82 Å². The molecule has 0 aliphatic rings. The first-order valence-electron chi connectivity index (χ1n) is 6.61. The van der Waals surface area contributed by atoms with Crippen molar-refractivity contribution in [2.75, 3.05) is 25.4 Å². The second-order valence-corrected chi connectivity index (χ2v) is 4.72. The standard InChI is InChI=1S/C14H25N3/c1-4-8-17(9-5-2)11-12(3)13-6-7-14(15)16-10-13/h6-7,10,12H,4-5,8-9,11H2,1-3H3,(H2,15,16). The lowest BCUT2D eigenvalue weighted by atomic mass is 10.0. The predicted molar refractivity (Wildman–Crippen MR) is 74.1 cm³/mol. The molecule has 1 unspecified atom stereocenters. The summed E-state index contributed by atoms with van der Waals surface area (Å²) < 4.78 is 0. The van der Waals surface area contributed by atoms with Crippen LogP contribution in [0.1, 0.15) is 45.1 Å². The average Bonchev–Trinajstić information content (AvgIpc) is 2.30. The van der Waals surface area contributed by atoms with Gasteiger partial charge in [0.2, 0.25) is 0 Å². The molecule has 0 aliphatic heterocycles. The summed E-state index contributed by atoms with van der Waals surface area (Å²) in [6.07, 6.45) is 4.33. The number of anilines is 1. The van der Waals surface area contributed by atoms with E-state index in [1.807, 2.05) is 12.3 Å². The summed E-state index contributed by atoms with van der Waals surface area (Å²) in [6.45, 7) is 10.2. The van der Waals surface area contributed by atoms with Gasteiger partial charge in [-0.05, 0) is 43.5 Å². The van der Waals surface area contributed by atoms with Crippen molar-refractivity contribution in [2.24, 2.45) is 0 Å². The molecule has 3 nitrogen and oxygen atoms in total. The molecule has 0 fully saturated rings. The van der Waals surface area contributed by atoms with Crippen molar-refractivity contribution in [1.29, 1.82) is 0 Å². The van der Waals surface area contributed by atoms with Crippen LogP contribution < -0.4 is 5.73 Å². The van der Waals surface area contributed by atoms with Crippen LogP contribution in [0.2, 0.25) is 0 Å². The number of nitrogens with two attached hydrogens (primary N) is 1. The molecule has 96 valence electrons. The highest BCUT2D eigenvalue weighted by Crippen LogP contribution is 2.16. The van der Waals surface area contributed by atoms with Gasteiger partial charge in [0, 0.05) is 12.7 Å². The highest BCUT2D eigenvalue weighted by atomic mass is 15.1. The van der Waals surface area contributed by atoms with Gasteiger partial charge in [-0.1, -0.05) is 26.8 Å². The van der Waals surface area contributed by atoms with Gasteiger partial charge in [-0.3, -0.25) is 0 Å². The molecule has 1 rings (SSSR count). The van der Waals surface area contributed by atoms with E-state index in [-0.39, 0.29) is 0 Å². The van der Waals surface area contributed by atoms with Crippen molar-refractivity contribution < 1.29 is 0 Å². The molecular formula is C14H25N3. The zero-order valence-electron chi connectivity index (χ0n) is 11.3. The summed E-state index contributed by atoms with van der Waals surface area (Å²) in [6, 6.07) is 3.97. The number of pyridine rings is 1. The molecule has 0 bridgehead atoms. The lowest BCUT2D eigenvalue weighted by Gasteiger charge is -2.24. The Morgan fingerprint density at radius 3 is 2.35 bits per heavy atom. The summed E-state index contributed by atoms with van der Waals surface area (Å²) in [5, 5.41) is 0. The third-order valence-corrected chi connectivity index (χ3v) is 2.99. The van der Waals surface area contributed by atoms with Gasteiger partial charge < -0.3 is 10.6 Å². The van der Waals surface area contributed by atoms with Crippen molar-refractivity contribution in [2.45, 2.75) is 39.5 Å². The number of aromatic nitrogens is 1. The van der Waals surface area contributed by atoms with Crippen LogP contribution in [0.15, 0.2) is 18.3 Å². The van der Waals surface area contributed by atoms with Gasteiger partial charge in [-0.2, -0.15) is 0 Å². The van der Waals surface area contributed by atoms with Gasteiger partial charge in [0.15, 0.2) is 0 Å². The number of hydrogen-bond acceptors (Lipinski definition) is 3. The van der Waals surface area contributed by atoms with Crippen LogP contribution in [-0.2, 0) is 0 Å². The molecule has 0 aliphatic carbocycles. The van der Waals surface area contributed by atoms with E-state index in [0.717, 1.165) is 6.54 Å². The van der Waals surface area contributed by atoms with Crippen LogP contribution in [0.25, 0.3) is 0 Å². The van der Waals surface area contributed by atoms with Gasteiger partial charge >= 0.3 is 0 Å². The normalized spacial score (nSPS) is 12.9. The van der Waals surface area contributed by atoms with Crippen LogP contribution in [0.5, 0.6) is 0 Å². The molecule has 1 aromatic rings. The minimum atomic E-state index is 0.515. The number of hydrogen-bond donors (Lipinski definition) is 1. The molecule has 0 saturated heterocycles. The first-order chi connectivity index (χ1) is 8.17. The van der Waals surface area contributed by atoms with Gasteiger partial charge in [0.05, 0.1) is 0 Å². The molecule has 0 saturated carbocycles. The lowest BCUT2D eigenvalue weighted by Crippen LogP contribution is -2.29. The fourth-order valence-electron chi connectivity index (χ4n) is 2.13. The minimum absolute atomic E-state index is 0.515. The van der Waals surface area contributed by atoms with Crippen molar-refractivity contribution in [3.05, 3.63) is 23.9 Å². The van der Waals surface area contributed by atoms with E-state index < -0.39 is 0 Å². The Morgan fingerprint density at radius 1 is 1.24 bits per heavy atom. The summed E-state index contributed by atoms with van der Waals surface area (Å²) in [5.41, 5.74) is 6.88. The maximum atomic E-state index is 5.60. The van der Waals surface area contributed by atoms with E-state index in [9.17, 15) is 0 Å². The molecule has 17 heavy (non-hydrogen) atoms. The van der Waals surface area contributed by atoms with E-state index >= 15 is 0 Å². The van der Waals surface area contributed by atoms with Crippen LogP contribution in [-0.4, -0.2) is 29.5 Å². The first-order valence-corrected chi connectivity index (χ1v) is 6.61. The molecule has 0 radical (unpaired) electrons. The smallest absolute Gasteiger partial charge is 0.123 e. The van der Waals surface area contributed by atoms with Crippen molar-refractivity contribution in [3.63, 3.8) is 0 Å². The predicted octanol–water partition coefficient (Wildman–Crippen LogP) is 2.89. The Hall–Kier alpha value is -1.09. The monoisotopic (exact) mass is 235 g/mol. The first kappa shape index (κ1) is 14.0. The van der Waals surface area contributed by atoms with Gasteiger partial charge in [-0.15, -0.1) is 0 Å². The van der Waals surface area contributed by atoms with Crippen LogP contribution in [0.4, 0.5) is 5.82 Å². The van der Waals surface area contributed by atoms with E-state index in [2.05, 4.69) is 36.7 Å². The third kappa shape index (κ3) is 4.73. The topological polar surface area (TPSA) is 42.1 Å². The van der Waals surface area contributed by atoms with Gasteiger partial charge in [0.25, 0.3) is 0 Å². The third-order valence-electron chi connectivity index (χ3n) is 2.99. The molecule has 1 aromatic heterocycles. The second-order valence-electron chi connectivity index (χ2n) is 4.72. The lowest BCUT2D eigenvalue weighted by molar-refractivity contribution is 0.261. The van der Waals surface area contributed by atoms with Gasteiger partial charge in [-0.25, -0.2) is 4.98 Å². The number of nitrogen functional groups attached to an aromatic ring is 1. The highest BCUT2D eigenvalue weighted by molar-refractivity contribution is 5.30. The SMILES string of the molecule is CCCN(CCC)CC(C)c1ccc(N)nc1. The Bertz CT molecular complexity index is 302. The molecular weight excluding hydrogens is 210 g/mol. The summed E-state index contributed by atoms with van der Waals surface area (Å²) >= 11 is 0. The molecule has 0 spiro atoms. The Balaban J connectivity index is 2.56. The molecule has 2 N–H and O–H groups in total. The van der Waals surface area contributed by atoms with E-state index in [4.69, 9.17) is 5.73 Å². The average molecular weight is 235 g/mol. The Labute approximate surface area is 105 Å². The van der Waals surface area contributed by atoms with Crippen molar-refractivity contribution in [1.82, 2.24) is 9.88 Å². The summed E-state index contributed by atoms with van der Waals surface area (Å²) in [4.78, 5) is 6.69.